The van der Waals surface area contributed by atoms with Crippen LogP contribution in [-0.4, -0.2) is 10.8 Å². The van der Waals surface area contributed by atoms with E-state index >= 15 is 0 Å². The highest BCUT2D eigenvalue weighted by Crippen LogP contribution is 2.53. The first-order valence-electron chi connectivity index (χ1n) is 11.1. The van der Waals surface area contributed by atoms with Crippen molar-refractivity contribution in [3.05, 3.63) is 148 Å². The van der Waals surface area contributed by atoms with Gasteiger partial charge in [0.15, 0.2) is 5.78 Å². The summed E-state index contributed by atoms with van der Waals surface area (Å²) in [6, 6.07) is 37.9. The van der Waals surface area contributed by atoms with Crippen LogP contribution in [0.4, 0.5) is 0 Å². The molecule has 1 heterocycles. The van der Waals surface area contributed by atoms with Crippen LogP contribution in [0.15, 0.2) is 127 Å². The predicted octanol–water partition coefficient (Wildman–Crippen LogP) is 6.60. The number of ketones is 1. The molecule has 4 unspecified atom stereocenters. The second kappa shape index (κ2) is 9.21. The molecule has 0 saturated carbocycles. The van der Waals surface area contributed by atoms with Gasteiger partial charge in [0, 0.05) is 0 Å². The van der Waals surface area contributed by atoms with E-state index in [0.717, 1.165) is 22.3 Å². The fourth-order valence-corrected chi connectivity index (χ4v) is 5.09. The summed E-state index contributed by atoms with van der Waals surface area (Å²) < 4.78 is 0. The van der Waals surface area contributed by atoms with Crippen molar-refractivity contribution in [2.24, 2.45) is 5.29 Å². The van der Waals surface area contributed by atoms with Crippen LogP contribution in [0.2, 0.25) is 0 Å². The molecule has 0 N–H and O–H groups in total. The van der Waals surface area contributed by atoms with Gasteiger partial charge in [-0.1, -0.05) is 121 Å². The van der Waals surface area contributed by atoms with Crippen LogP contribution >= 0.6 is 0 Å². The van der Waals surface area contributed by atoms with Crippen LogP contribution < -0.4 is 0 Å². The first-order chi connectivity index (χ1) is 16.3. The minimum Gasteiger partial charge on any atom is -0.298 e. The topological polar surface area (TPSA) is 49.7 Å². The smallest absolute Gasteiger partial charge is 0.152 e. The summed E-state index contributed by atoms with van der Waals surface area (Å²) in [7, 11) is 0. The summed E-state index contributed by atoms with van der Waals surface area (Å²) in [5.41, 5.74) is 3.56. The molecule has 0 amide bonds. The zero-order chi connectivity index (χ0) is 22.6. The van der Waals surface area contributed by atoms with E-state index < -0.39 is 23.9 Å². The zero-order valence-electron chi connectivity index (χ0n) is 18.1. The van der Waals surface area contributed by atoms with Gasteiger partial charge in [-0.3, -0.25) is 4.79 Å². The Balaban J connectivity index is 1.76. The highest BCUT2D eigenvalue weighted by molar-refractivity contribution is 5.94. The maximum absolute atomic E-state index is 14.4. The molecular weight excluding hydrogens is 408 g/mol. The maximum atomic E-state index is 14.4. The first-order valence-corrected chi connectivity index (χ1v) is 11.1. The lowest BCUT2D eigenvalue weighted by atomic mass is 9.69. The summed E-state index contributed by atoms with van der Waals surface area (Å²) in [6.45, 7) is 0. The number of nitrogens with zero attached hydrogens (tertiary/aromatic N) is 2. The van der Waals surface area contributed by atoms with Crippen molar-refractivity contribution in [1.29, 1.82) is 0 Å². The second-order valence-corrected chi connectivity index (χ2v) is 8.35. The van der Waals surface area contributed by atoms with E-state index in [2.05, 4.69) is 5.29 Å². The Labute approximate surface area is 193 Å². The highest BCUT2D eigenvalue weighted by Gasteiger charge is 2.51. The van der Waals surface area contributed by atoms with Crippen molar-refractivity contribution in [2.75, 3.05) is 0 Å². The largest absolute Gasteiger partial charge is 0.298 e. The van der Waals surface area contributed by atoms with Crippen LogP contribution in [0.3, 0.4) is 0 Å². The number of rotatable bonds is 5. The fourth-order valence-electron chi connectivity index (χ4n) is 5.09. The molecule has 4 atom stereocenters. The third-order valence-corrected chi connectivity index (χ3v) is 6.51. The molecule has 1 aliphatic rings. The number of Topliss-reactive ketones (excluding diaryl/α,β-unsaturated/α-hetero) is 1. The van der Waals surface area contributed by atoms with E-state index in [1.165, 1.54) is 0 Å². The third kappa shape index (κ3) is 3.85. The van der Waals surface area contributed by atoms with Crippen molar-refractivity contribution in [3.63, 3.8) is 0 Å². The van der Waals surface area contributed by atoms with Gasteiger partial charge in [0.25, 0.3) is 0 Å². The molecule has 162 valence electrons. The molecule has 0 bridgehead atoms. The molecule has 1 fully saturated rings. The van der Waals surface area contributed by atoms with Gasteiger partial charge in [0.05, 0.1) is 29.2 Å². The quantitative estimate of drug-likeness (QED) is 0.334. The van der Waals surface area contributed by atoms with Gasteiger partial charge in [-0.25, -0.2) is 5.01 Å². The van der Waals surface area contributed by atoms with Crippen molar-refractivity contribution >= 4 is 5.78 Å². The molecular formula is C29H24N2O2. The number of carbonyl (C=O) groups is 1. The minimum absolute atomic E-state index is 0.0926. The third-order valence-electron chi connectivity index (χ3n) is 6.51. The molecule has 0 radical (unpaired) electrons. The molecule has 4 nitrogen and oxygen atoms in total. The number of benzene rings is 4. The summed E-state index contributed by atoms with van der Waals surface area (Å²) in [5, 5.41) is 5.19. The Morgan fingerprint density at radius 3 is 1.09 bits per heavy atom. The molecule has 4 aromatic rings. The predicted molar refractivity (Wildman–Crippen MR) is 129 cm³/mol. The minimum atomic E-state index is -0.531. The van der Waals surface area contributed by atoms with Crippen molar-refractivity contribution in [2.45, 2.75) is 23.9 Å². The second-order valence-electron chi connectivity index (χ2n) is 8.35. The normalized spacial score (nSPS) is 22.7. The van der Waals surface area contributed by atoms with Gasteiger partial charge in [-0.05, 0) is 22.3 Å². The monoisotopic (exact) mass is 432 g/mol. The van der Waals surface area contributed by atoms with Gasteiger partial charge >= 0.3 is 0 Å². The number of nitroso groups, excluding NO2 is 1. The van der Waals surface area contributed by atoms with Gasteiger partial charge < -0.3 is 0 Å². The summed E-state index contributed by atoms with van der Waals surface area (Å²) in [6.07, 6.45) is 0. The Morgan fingerprint density at radius 1 is 0.485 bits per heavy atom. The van der Waals surface area contributed by atoms with E-state index in [0.29, 0.717) is 0 Å². The number of hydrogen-bond donors (Lipinski definition) is 0. The standard InChI is InChI=1S/C29H24N2O2/c32-29-25(21-13-5-1-6-14-21)27(23-17-9-3-10-18-23)31(30-33)28(24-19-11-4-12-20-24)26(29)22-15-7-2-8-16-22/h1-20,25-28H. The summed E-state index contributed by atoms with van der Waals surface area (Å²) in [4.78, 5) is 26.9. The number of piperidine rings is 1. The zero-order valence-corrected chi connectivity index (χ0v) is 18.1. The number of carbonyl (C=O) groups excluding carboxylic acids is 1. The van der Waals surface area contributed by atoms with E-state index in [1.807, 2.05) is 121 Å². The molecule has 1 saturated heterocycles. The van der Waals surface area contributed by atoms with Gasteiger partial charge in [-0.2, -0.15) is 0 Å². The Morgan fingerprint density at radius 2 is 0.788 bits per heavy atom. The van der Waals surface area contributed by atoms with Gasteiger partial charge in [-0.15, -0.1) is 4.91 Å². The van der Waals surface area contributed by atoms with E-state index in [-0.39, 0.29) is 5.78 Å². The first kappa shape index (κ1) is 20.8. The van der Waals surface area contributed by atoms with Gasteiger partial charge in [0.1, 0.15) is 0 Å². The van der Waals surface area contributed by atoms with E-state index in [1.54, 1.807) is 5.01 Å². The molecule has 0 aliphatic carbocycles. The van der Waals surface area contributed by atoms with Crippen molar-refractivity contribution < 1.29 is 4.79 Å². The van der Waals surface area contributed by atoms with Crippen molar-refractivity contribution in [1.82, 2.24) is 5.01 Å². The molecule has 4 heteroatoms. The van der Waals surface area contributed by atoms with Gasteiger partial charge in [0.2, 0.25) is 0 Å². The average Bonchev–Trinajstić information content (AvgIpc) is 2.90. The SMILES string of the molecule is O=NN1C(c2ccccc2)C(c2ccccc2)C(=O)C(c2ccccc2)C1c1ccccc1. The lowest BCUT2D eigenvalue weighted by molar-refractivity contribution is -0.131. The van der Waals surface area contributed by atoms with Crippen LogP contribution in [0, 0.1) is 4.91 Å². The van der Waals surface area contributed by atoms with E-state index in [4.69, 9.17) is 0 Å². The number of hydrogen-bond acceptors (Lipinski definition) is 3. The highest BCUT2D eigenvalue weighted by atomic mass is 16.3. The van der Waals surface area contributed by atoms with Crippen molar-refractivity contribution in [3.8, 4) is 0 Å². The average molecular weight is 433 g/mol. The lowest BCUT2D eigenvalue weighted by Gasteiger charge is -2.46. The molecule has 1 aliphatic heterocycles. The van der Waals surface area contributed by atoms with Crippen LogP contribution in [0.1, 0.15) is 46.2 Å². The van der Waals surface area contributed by atoms with Crippen LogP contribution in [-0.2, 0) is 4.79 Å². The molecule has 0 spiro atoms. The van der Waals surface area contributed by atoms with Crippen LogP contribution in [0.5, 0.6) is 0 Å². The fraction of sp³-hybridized carbons (Fsp3) is 0.138. The Bertz CT molecular complexity index is 1120. The van der Waals surface area contributed by atoms with E-state index in [9.17, 15) is 9.70 Å². The molecule has 33 heavy (non-hydrogen) atoms. The maximum Gasteiger partial charge on any atom is 0.152 e. The Kier molecular flexibility index (Phi) is 5.81. The van der Waals surface area contributed by atoms with Crippen LogP contribution in [0.25, 0.3) is 0 Å². The summed E-state index contributed by atoms with van der Waals surface area (Å²) in [5.74, 6) is -0.969. The Hall–Kier alpha value is -4.05. The summed E-state index contributed by atoms with van der Waals surface area (Å²) >= 11 is 0. The molecule has 5 rings (SSSR count). The lowest BCUT2D eigenvalue weighted by Crippen LogP contribution is -2.46. The molecule has 0 aromatic heterocycles. The molecule has 4 aromatic carbocycles.